The van der Waals surface area contributed by atoms with E-state index in [0.29, 0.717) is 0 Å². The van der Waals surface area contributed by atoms with E-state index < -0.39 is 22.9 Å². The fourth-order valence-corrected chi connectivity index (χ4v) is 2.94. The molecule has 1 aromatic carbocycles. The van der Waals surface area contributed by atoms with Gasteiger partial charge >= 0.3 is 12.1 Å². The average molecular weight is 295 g/mol. The first-order valence-electron chi connectivity index (χ1n) is 6.21. The van der Waals surface area contributed by atoms with Gasteiger partial charge in [0.05, 0.1) is 7.11 Å². The minimum atomic E-state index is -0.668. The van der Waals surface area contributed by atoms with Gasteiger partial charge in [0.25, 0.3) is 0 Å². The van der Waals surface area contributed by atoms with Gasteiger partial charge in [0.1, 0.15) is 11.8 Å². The van der Waals surface area contributed by atoms with Crippen molar-refractivity contribution in [2.75, 3.05) is 7.11 Å². The summed E-state index contributed by atoms with van der Waals surface area (Å²) in [5.74, 6) is 1.03. The van der Waals surface area contributed by atoms with Crippen molar-refractivity contribution in [3.05, 3.63) is 29.8 Å². The second-order valence-electron chi connectivity index (χ2n) is 5.03. The summed E-state index contributed by atoms with van der Waals surface area (Å²) in [5.41, 5.74) is 1.13. The minimum Gasteiger partial charge on any atom is -0.497 e. The summed E-state index contributed by atoms with van der Waals surface area (Å²) < 4.78 is 9.19. The summed E-state index contributed by atoms with van der Waals surface area (Å²) in [4.78, 5) is 22.7. The molecule has 2 rings (SSSR count). The van der Waals surface area contributed by atoms with Gasteiger partial charge in [0.15, 0.2) is 0 Å². The normalized spacial score (nSPS) is 18.6. The minimum absolute atomic E-state index is 0.441. The number of rotatable bonds is 5. The van der Waals surface area contributed by atoms with E-state index in [1.165, 1.54) is 0 Å². The van der Waals surface area contributed by atoms with Gasteiger partial charge < -0.3 is 14.8 Å². The number of carbonyl (C=O) groups excluding carboxylic acids is 2. The SMILES string of the molecule is COc1ccc(CSC(C)(C)C2NC(=O)OC2=O)cc1. The maximum Gasteiger partial charge on any atom is 0.415 e. The number of thioether (sulfide) groups is 1. The monoisotopic (exact) mass is 295 g/mol. The summed E-state index contributed by atoms with van der Waals surface area (Å²) >= 11 is 1.59. The molecule has 1 fully saturated rings. The number of nitrogens with one attached hydrogen (secondary N) is 1. The van der Waals surface area contributed by atoms with E-state index in [-0.39, 0.29) is 0 Å². The molecule has 1 atom stereocenters. The fraction of sp³-hybridized carbons (Fsp3) is 0.429. The van der Waals surface area contributed by atoms with Crippen molar-refractivity contribution in [2.24, 2.45) is 0 Å². The Labute approximate surface area is 122 Å². The van der Waals surface area contributed by atoms with E-state index in [9.17, 15) is 9.59 Å². The van der Waals surface area contributed by atoms with Crippen LogP contribution in [0.2, 0.25) is 0 Å². The van der Waals surface area contributed by atoms with Gasteiger partial charge in [-0.1, -0.05) is 12.1 Å². The molecule has 0 radical (unpaired) electrons. The van der Waals surface area contributed by atoms with Gasteiger partial charge in [-0.3, -0.25) is 0 Å². The van der Waals surface area contributed by atoms with Crippen LogP contribution in [0.3, 0.4) is 0 Å². The quantitative estimate of drug-likeness (QED) is 0.667. The van der Waals surface area contributed by atoms with Crippen molar-refractivity contribution in [3.63, 3.8) is 0 Å². The number of cyclic esters (lactones) is 2. The Kier molecular flexibility index (Phi) is 4.23. The molecule has 0 aromatic heterocycles. The molecule has 5 nitrogen and oxygen atoms in total. The van der Waals surface area contributed by atoms with Gasteiger partial charge in [-0.25, -0.2) is 9.59 Å². The van der Waals surface area contributed by atoms with Crippen LogP contribution in [0.25, 0.3) is 0 Å². The van der Waals surface area contributed by atoms with E-state index in [1.54, 1.807) is 18.9 Å². The third-order valence-electron chi connectivity index (χ3n) is 3.16. The van der Waals surface area contributed by atoms with Crippen LogP contribution in [0.15, 0.2) is 24.3 Å². The molecule has 0 aliphatic carbocycles. The Morgan fingerprint density at radius 3 is 2.45 bits per heavy atom. The highest BCUT2D eigenvalue weighted by Gasteiger charge is 2.43. The number of ether oxygens (including phenoxy) is 2. The molecule has 1 aromatic rings. The van der Waals surface area contributed by atoms with Crippen LogP contribution in [-0.2, 0) is 15.3 Å². The molecule has 1 saturated heterocycles. The number of methoxy groups -OCH3 is 1. The number of hydrogen-bond donors (Lipinski definition) is 1. The third-order valence-corrected chi connectivity index (χ3v) is 4.61. The van der Waals surface area contributed by atoms with Crippen LogP contribution in [0, 0.1) is 0 Å². The lowest BCUT2D eigenvalue weighted by molar-refractivity contribution is -0.135. The molecule has 108 valence electrons. The van der Waals surface area contributed by atoms with Crippen LogP contribution in [-0.4, -0.2) is 30.0 Å². The first kappa shape index (κ1) is 14.7. The van der Waals surface area contributed by atoms with Gasteiger partial charge in [0, 0.05) is 10.5 Å². The van der Waals surface area contributed by atoms with Gasteiger partial charge in [-0.2, -0.15) is 0 Å². The number of alkyl carbamates (subject to hydrolysis) is 1. The van der Waals surface area contributed by atoms with E-state index in [4.69, 9.17) is 4.74 Å². The maximum absolute atomic E-state index is 11.6. The zero-order chi connectivity index (χ0) is 14.8. The molecular weight excluding hydrogens is 278 g/mol. The lowest BCUT2D eigenvalue weighted by atomic mass is 10.0. The van der Waals surface area contributed by atoms with Gasteiger partial charge in [-0.15, -0.1) is 11.8 Å². The molecule has 1 aliphatic rings. The molecule has 1 amide bonds. The number of benzene rings is 1. The Morgan fingerprint density at radius 2 is 1.95 bits per heavy atom. The Hall–Kier alpha value is -1.69. The van der Waals surface area contributed by atoms with Crippen LogP contribution in [0.1, 0.15) is 19.4 Å². The smallest absolute Gasteiger partial charge is 0.415 e. The lowest BCUT2D eigenvalue weighted by Gasteiger charge is -2.27. The topological polar surface area (TPSA) is 64.6 Å². The third kappa shape index (κ3) is 3.25. The summed E-state index contributed by atoms with van der Waals surface area (Å²) in [7, 11) is 1.63. The zero-order valence-electron chi connectivity index (χ0n) is 11.6. The fourth-order valence-electron chi connectivity index (χ4n) is 1.89. The lowest BCUT2D eigenvalue weighted by Crippen LogP contribution is -2.45. The Bertz CT molecular complexity index is 512. The molecule has 20 heavy (non-hydrogen) atoms. The van der Waals surface area contributed by atoms with E-state index in [0.717, 1.165) is 17.1 Å². The molecule has 1 aliphatic heterocycles. The maximum atomic E-state index is 11.6. The van der Waals surface area contributed by atoms with E-state index in [2.05, 4.69) is 10.1 Å². The summed E-state index contributed by atoms with van der Waals surface area (Å²) in [6.07, 6.45) is -0.668. The van der Waals surface area contributed by atoms with Crippen molar-refractivity contribution < 1.29 is 19.1 Å². The highest BCUT2D eigenvalue weighted by atomic mass is 32.2. The van der Waals surface area contributed by atoms with Crippen molar-refractivity contribution in [1.29, 1.82) is 0 Å². The summed E-state index contributed by atoms with van der Waals surface area (Å²) in [5, 5.41) is 2.55. The molecule has 0 saturated carbocycles. The predicted octanol–water partition coefficient (Wildman–Crippen LogP) is 2.34. The highest BCUT2D eigenvalue weighted by molar-refractivity contribution is 7.99. The van der Waals surface area contributed by atoms with E-state index in [1.807, 2.05) is 38.1 Å². The van der Waals surface area contributed by atoms with Crippen molar-refractivity contribution >= 4 is 23.8 Å². The average Bonchev–Trinajstić information content (AvgIpc) is 2.77. The number of esters is 1. The van der Waals surface area contributed by atoms with Crippen molar-refractivity contribution in [2.45, 2.75) is 30.4 Å². The predicted molar refractivity (Wildman–Crippen MR) is 76.8 cm³/mol. The van der Waals surface area contributed by atoms with Gasteiger partial charge in [-0.05, 0) is 31.5 Å². The number of hydrogen-bond acceptors (Lipinski definition) is 5. The second-order valence-corrected chi connectivity index (χ2v) is 6.66. The molecule has 1 N–H and O–H groups in total. The summed E-state index contributed by atoms with van der Waals surface area (Å²) in [6.45, 7) is 3.83. The molecule has 6 heteroatoms. The van der Waals surface area contributed by atoms with Gasteiger partial charge in [0.2, 0.25) is 0 Å². The molecule has 0 bridgehead atoms. The van der Waals surface area contributed by atoms with Crippen LogP contribution < -0.4 is 10.1 Å². The number of carbonyl (C=O) groups is 2. The highest BCUT2D eigenvalue weighted by Crippen LogP contribution is 2.33. The van der Waals surface area contributed by atoms with Crippen LogP contribution in [0.4, 0.5) is 4.79 Å². The Morgan fingerprint density at radius 1 is 1.30 bits per heavy atom. The largest absolute Gasteiger partial charge is 0.497 e. The van der Waals surface area contributed by atoms with Crippen LogP contribution in [0.5, 0.6) is 5.75 Å². The zero-order valence-corrected chi connectivity index (χ0v) is 12.5. The molecule has 1 unspecified atom stereocenters. The van der Waals surface area contributed by atoms with E-state index >= 15 is 0 Å². The molecular formula is C14H17NO4S. The second kappa shape index (κ2) is 5.75. The van der Waals surface area contributed by atoms with Crippen LogP contribution >= 0.6 is 11.8 Å². The Balaban J connectivity index is 1.97. The standard InChI is InChI=1S/C14H17NO4S/c1-14(2,11-12(16)19-13(17)15-11)20-8-9-4-6-10(18-3)7-5-9/h4-7,11H,8H2,1-3H3,(H,15,17). The first-order chi connectivity index (χ1) is 9.42. The first-order valence-corrected chi connectivity index (χ1v) is 7.20. The molecule has 1 heterocycles. The number of amides is 1. The summed E-state index contributed by atoms with van der Waals surface area (Å²) in [6, 6.07) is 7.14. The molecule has 0 spiro atoms. The van der Waals surface area contributed by atoms with Crippen molar-refractivity contribution in [1.82, 2.24) is 5.32 Å². The van der Waals surface area contributed by atoms with Crippen molar-refractivity contribution in [3.8, 4) is 5.75 Å².